The molecule has 6 heteroatoms. The summed E-state index contributed by atoms with van der Waals surface area (Å²) in [6.07, 6.45) is 5.78. The zero-order valence-corrected chi connectivity index (χ0v) is 12.9. The summed E-state index contributed by atoms with van der Waals surface area (Å²) in [5.74, 6) is 1.68. The van der Waals surface area contributed by atoms with Gasteiger partial charge in [-0.25, -0.2) is 4.98 Å². The molecule has 0 aliphatic rings. The standard InChI is InChI=1S/C17H17N5O/c1-2-3-10-23-13-6-4-12(5-7-13)17-21-20-15-11-19-16-14(22(15)17)8-9-18-16/h4-9,11,18H,2-3,10H2,1H3. The maximum atomic E-state index is 5.71. The molecule has 0 saturated carbocycles. The normalized spacial score (nSPS) is 11.3. The summed E-state index contributed by atoms with van der Waals surface area (Å²) < 4.78 is 7.71. The third-order valence-electron chi connectivity index (χ3n) is 3.82. The Morgan fingerprint density at radius 2 is 2.00 bits per heavy atom. The largest absolute Gasteiger partial charge is 0.494 e. The van der Waals surface area contributed by atoms with Crippen molar-refractivity contribution in [1.82, 2.24) is 24.6 Å². The molecule has 0 aliphatic heterocycles. The molecule has 116 valence electrons. The lowest BCUT2D eigenvalue weighted by Gasteiger charge is -2.06. The molecular formula is C17H17N5O. The van der Waals surface area contributed by atoms with Crippen molar-refractivity contribution in [2.24, 2.45) is 0 Å². The van der Waals surface area contributed by atoms with E-state index in [9.17, 15) is 0 Å². The van der Waals surface area contributed by atoms with Crippen molar-refractivity contribution in [3.05, 3.63) is 42.7 Å². The lowest BCUT2D eigenvalue weighted by Crippen LogP contribution is -1.96. The molecule has 0 bridgehead atoms. The number of benzene rings is 1. The van der Waals surface area contributed by atoms with Crippen molar-refractivity contribution in [3.63, 3.8) is 0 Å². The van der Waals surface area contributed by atoms with Crippen LogP contribution in [0.2, 0.25) is 0 Å². The first kappa shape index (κ1) is 13.8. The van der Waals surface area contributed by atoms with Crippen molar-refractivity contribution in [1.29, 1.82) is 0 Å². The Labute approximate surface area is 133 Å². The number of H-pyrrole nitrogens is 1. The van der Waals surface area contributed by atoms with Crippen LogP contribution in [0.1, 0.15) is 19.8 Å². The van der Waals surface area contributed by atoms with Gasteiger partial charge in [0.15, 0.2) is 17.1 Å². The first-order valence-corrected chi connectivity index (χ1v) is 7.77. The van der Waals surface area contributed by atoms with E-state index >= 15 is 0 Å². The van der Waals surface area contributed by atoms with E-state index in [0.717, 1.165) is 53.4 Å². The number of unbranched alkanes of at least 4 members (excludes halogenated alkanes) is 1. The quantitative estimate of drug-likeness (QED) is 0.573. The summed E-state index contributed by atoms with van der Waals surface area (Å²) >= 11 is 0. The summed E-state index contributed by atoms with van der Waals surface area (Å²) in [6, 6.07) is 9.95. The molecule has 0 aliphatic carbocycles. The van der Waals surface area contributed by atoms with Crippen LogP contribution < -0.4 is 4.74 Å². The average Bonchev–Trinajstić information content (AvgIpc) is 3.21. The molecule has 0 saturated heterocycles. The zero-order valence-electron chi connectivity index (χ0n) is 12.9. The van der Waals surface area contributed by atoms with Crippen molar-refractivity contribution >= 4 is 16.8 Å². The highest BCUT2D eigenvalue weighted by Crippen LogP contribution is 2.24. The number of ether oxygens (including phenoxy) is 1. The van der Waals surface area contributed by atoms with Gasteiger partial charge >= 0.3 is 0 Å². The van der Waals surface area contributed by atoms with E-state index < -0.39 is 0 Å². The predicted octanol–water partition coefficient (Wildman–Crippen LogP) is 3.45. The molecule has 0 amide bonds. The third-order valence-corrected chi connectivity index (χ3v) is 3.82. The first-order valence-electron chi connectivity index (χ1n) is 7.77. The number of fused-ring (bicyclic) bond motifs is 3. The van der Waals surface area contributed by atoms with Crippen LogP contribution in [-0.2, 0) is 0 Å². The minimum absolute atomic E-state index is 0.732. The number of aromatic nitrogens is 5. The van der Waals surface area contributed by atoms with Gasteiger partial charge in [-0.15, -0.1) is 10.2 Å². The number of nitrogens with one attached hydrogen (secondary N) is 1. The molecule has 0 atom stereocenters. The summed E-state index contributed by atoms with van der Waals surface area (Å²) in [5.41, 5.74) is 3.51. The van der Waals surface area contributed by atoms with Gasteiger partial charge < -0.3 is 9.72 Å². The predicted molar refractivity (Wildman–Crippen MR) is 88.5 cm³/mol. The van der Waals surface area contributed by atoms with Crippen LogP contribution in [0, 0.1) is 0 Å². The van der Waals surface area contributed by atoms with Crippen molar-refractivity contribution in [2.45, 2.75) is 19.8 Å². The lowest BCUT2D eigenvalue weighted by molar-refractivity contribution is 0.309. The van der Waals surface area contributed by atoms with E-state index in [2.05, 4.69) is 27.1 Å². The van der Waals surface area contributed by atoms with Gasteiger partial charge in [0.25, 0.3) is 0 Å². The third kappa shape index (κ3) is 2.42. The van der Waals surface area contributed by atoms with Crippen molar-refractivity contribution in [3.8, 4) is 17.1 Å². The van der Waals surface area contributed by atoms with E-state index in [1.165, 1.54) is 0 Å². The van der Waals surface area contributed by atoms with Crippen LogP contribution in [0.15, 0.2) is 42.7 Å². The van der Waals surface area contributed by atoms with Crippen LogP contribution in [0.3, 0.4) is 0 Å². The first-order chi connectivity index (χ1) is 11.4. The number of nitrogens with zero attached hydrogens (tertiary/aromatic N) is 4. The Morgan fingerprint density at radius 3 is 2.83 bits per heavy atom. The molecule has 1 N–H and O–H groups in total. The molecule has 0 fully saturated rings. The van der Waals surface area contributed by atoms with Crippen LogP contribution in [-0.4, -0.2) is 31.2 Å². The highest BCUT2D eigenvalue weighted by Gasteiger charge is 2.12. The van der Waals surface area contributed by atoms with E-state index in [-0.39, 0.29) is 0 Å². The van der Waals surface area contributed by atoms with Gasteiger partial charge in [0, 0.05) is 11.8 Å². The van der Waals surface area contributed by atoms with Gasteiger partial charge in [-0.3, -0.25) is 4.40 Å². The second-order valence-electron chi connectivity index (χ2n) is 5.41. The van der Waals surface area contributed by atoms with Crippen molar-refractivity contribution < 1.29 is 4.74 Å². The Bertz CT molecular complexity index is 939. The number of rotatable bonds is 5. The topological polar surface area (TPSA) is 68.1 Å². The van der Waals surface area contributed by atoms with Gasteiger partial charge in [-0.05, 0) is 36.8 Å². The van der Waals surface area contributed by atoms with Crippen LogP contribution in [0.5, 0.6) is 5.75 Å². The van der Waals surface area contributed by atoms with Gasteiger partial charge in [0.05, 0.1) is 18.3 Å². The fraction of sp³-hybridized carbons (Fsp3) is 0.235. The van der Waals surface area contributed by atoms with E-state index in [4.69, 9.17) is 4.74 Å². The molecular weight excluding hydrogens is 290 g/mol. The van der Waals surface area contributed by atoms with Crippen LogP contribution in [0.4, 0.5) is 0 Å². The van der Waals surface area contributed by atoms with E-state index in [1.54, 1.807) is 6.20 Å². The van der Waals surface area contributed by atoms with Gasteiger partial charge in [0.1, 0.15) is 5.75 Å². The van der Waals surface area contributed by atoms with E-state index in [1.807, 2.05) is 40.9 Å². The Hall–Kier alpha value is -2.89. The monoisotopic (exact) mass is 307 g/mol. The molecule has 0 spiro atoms. The van der Waals surface area contributed by atoms with Gasteiger partial charge in [0.2, 0.25) is 0 Å². The van der Waals surface area contributed by atoms with E-state index in [0.29, 0.717) is 0 Å². The smallest absolute Gasteiger partial charge is 0.180 e. The minimum atomic E-state index is 0.732. The lowest BCUT2D eigenvalue weighted by atomic mass is 10.2. The second-order valence-corrected chi connectivity index (χ2v) is 5.41. The summed E-state index contributed by atoms with van der Waals surface area (Å²) in [5, 5.41) is 8.53. The Balaban J connectivity index is 1.72. The molecule has 3 heterocycles. The Kier molecular flexibility index (Phi) is 3.42. The molecule has 6 nitrogen and oxygen atoms in total. The average molecular weight is 307 g/mol. The van der Waals surface area contributed by atoms with Crippen LogP contribution in [0.25, 0.3) is 28.2 Å². The molecule has 4 aromatic rings. The SMILES string of the molecule is CCCCOc1ccc(-c2nnc3cnc4[nH]ccc4n23)cc1. The molecule has 4 rings (SSSR count). The van der Waals surface area contributed by atoms with Gasteiger partial charge in [-0.1, -0.05) is 13.3 Å². The molecule has 23 heavy (non-hydrogen) atoms. The van der Waals surface area contributed by atoms with Gasteiger partial charge in [-0.2, -0.15) is 0 Å². The molecule has 1 aromatic carbocycles. The number of hydrogen-bond donors (Lipinski definition) is 1. The molecule has 0 radical (unpaired) electrons. The number of hydrogen-bond acceptors (Lipinski definition) is 4. The highest BCUT2D eigenvalue weighted by atomic mass is 16.5. The second kappa shape index (κ2) is 5.72. The maximum Gasteiger partial charge on any atom is 0.180 e. The maximum absolute atomic E-state index is 5.71. The molecule has 3 aromatic heterocycles. The summed E-state index contributed by atoms with van der Waals surface area (Å²) in [6.45, 7) is 2.90. The minimum Gasteiger partial charge on any atom is -0.494 e. The summed E-state index contributed by atoms with van der Waals surface area (Å²) in [7, 11) is 0. The summed E-state index contributed by atoms with van der Waals surface area (Å²) in [4.78, 5) is 7.44. The Morgan fingerprint density at radius 1 is 1.13 bits per heavy atom. The van der Waals surface area contributed by atoms with Crippen LogP contribution >= 0.6 is 0 Å². The highest BCUT2D eigenvalue weighted by molar-refractivity contribution is 5.77. The fourth-order valence-corrected chi connectivity index (χ4v) is 2.60. The fourth-order valence-electron chi connectivity index (χ4n) is 2.60. The van der Waals surface area contributed by atoms with Crippen molar-refractivity contribution in [2.75, 3.05) is 6.61 Å². The zero-order chi connectivity index (χ0) is 15.6. The molecule has 0 unspecified atom stereocenters. The number of aromatic amines is 1.